The second-order valence-corrected chi connectivity index (χ2v) is 6.62. The van der Waals surface area contributed by atoms with Gasteiger partial charge in [0.05, 0.1) is 19.9 Å². The van der Waals surface area contributed by atoms with E-state index in [1.807, 2.05) is 41.3 Å². The van der Waals surface area contributed by atoms with E-state index in [4.69, 9.17) is 9.47 Å². The standard InChI is InChI=1S/C21H27N3O3/c1-16-8-9-20(27-3)18(14-16)23-10-12-24(13-11-23)21(25)22-15-17-6-4-5-7-19(17)26-2/h4-9,14H,10-13,15H2,1-3H3,(H,22,25). The summed E-state index contributed by atoms with van der Waals surface area (Å²) in [5.41, 5.74) is 3.26. The lowest BCUT2D eigenvalue weighted by molar-refractivity contribution is 0.193. The minimum Gasteiger partial charge on any atom is -0.496 e. The highest BCUT2D eigenvalue weighted by atomic mass is 16.5. The Bertz CT molecular complexity index is 786. The van der Waals surface area contributed by atoms with Gasteiger partial charge in [0.1, 0.15) is 11.5 Å². The summed E-state index contributed by atoms with van der Waals surface area (Å²) in [5, 5.41) is 2.99. The minimum atomic E-state index is -0.0447. The van der Waals surface area contributed by atoms with Gasteiger partial charge in [0, 0.05) is 38.3 Å². The average Bonchev–Trinajstić information content (AvgIpc) is 2.72. The number of hydrogen-bond donors (Lipinski definition) is 1. The molecule has 27 heavy (non-hydrogen) atoms. The van der Waals surface area contributed by atoms with E-state index in [2.05, 4.69) is 23.2 Å². The average molecular weight is 369 g/mol. The van der Waals surface area contributed by atoms with Gasteiger partial charge in [-0.3, -0.25) is 0 Å². The fourth-order valence-corrected chi connectivity index (χ4v) is 3.33. The molecule has 2 amide bonds. The molecule has 6 heteroatoms. The molecule has 6 nitrogen and oxygen atoms in total. The van der Waals surface area contributed by atoms with Crippen molar-refractivity contribution in [1.82, 2.24) is 10.2 Å². The number of ether oxygens (including phenoxy) is 2. The topological polar surface area (TPSA) is 54.0 Å². The van der Waals surface area contributed by atoms with E-state index in [0.29, 0.717) is 19.6 Å². The summed E-state index contributed by atoms with van der Waals surface area (Å²) in [6.45, 7) is 5.44. The highest BCUT2D eigenvalue weighted by Gasteiger charge is 2.23. The number of rotatable bonds is 5. The third-order valence-electron chi connectivity index (χ3n) is 4.86. The second-order valence-electron chi connectivity index (χ2n) is 6.62. The van der Waals surface area contributed by atoms with Gasteiger partial charge in [-0.05, 0) is 30.7 Å². The van der Waals surface area contributed by atoms with Crippen LogP contribution in [0, 0.1) is 6.92 Å². The van der Waals surface area contributed by atoms with Crippen molar-refractivity contribution >= 4 is 11.7 Å². The highest BCUT2D eigenvalue weighted by Crippen LogP contribution is 2.30. The number of nitrogens with one attached hydrogen (secondary N) is 1. The number of carbonyl (C=O) groups is 1. The molecule has 1 N–H and O–H groups in total. The van der Waals surface area contributed by atoms with Crippen molar-refractivity contribution in [3.05, 3.63) is 53.6 Å². The van der Waals surface area contributed by atoms with E-state index >= 15 is 0 Å². The Kier molecular flexibility index (Phi) is 6.06. The van der Waals surface area contributed by atoms with E-state index in [-0.39, 0.29) is 6.03 Å². The predicted octanol–water partition coefficient (Wildman–Crippen LogP) is 3.04. The number of para-hydroxylation sites is 1. The molecule has 1 aliphatic rings. The zero-order chi connectivity index (χ0) is 19.2. The maximum Gasteiger partial charge on any atom is 0.317 e. The molecule has 0 unspecified atom stereocenters. The van der Waals surface area contributed by atoms with Crippen LogP contribution in [-0.4, -0.2) is 51.3 Å². The van der Waals surface area contributed by atoms with Crippen LogP contribution in [0.25, 0.3) is 0 Å². The molecule has 0 aliphatic carbocycles. The van der Waals surface area contributed by atoms with Crippen LogP contribution in [0.2, 0.25) is 0 Å². The summed E-state index contributed by atoms with van der Waals surface area (Å²) in [5.74, 6) is 1.66. The SMILES string of the molecule is COc1ccccc1CNC(=O)N1CCN(c2cc(C)ccc2OC)CC1. The first-order valence-electron chi connectivity index (χ1n) is 9.16. The first-order chi connectivity index (χ1) is 13.1. The number of nitrogens with zero attached hydrogens (tertiary/aromatic N) is 2. The van der Waals surface area contributed by atoms with Crippen LogP contribution in [0.1, 0.15) is 11.1 Å². The van der Waals surface area contributed by atoms with Crippen molar-refractivity contribution in [3.8, 4) is 11.5 Å². The molecule has 0 aromatic heterocycles. The number of urea groups is 1. The molecular weight excluding hydrogens is 342 g/mol. The molecule has 2 aromatic rings. The second kappa shape index (κ2) is 8.66. The Morgan fingerprint density at radius 3 is 2.41 bits per heavy atom. The number of hydrogen-bond acceptors (Lipinski definition) is 4. The van der Waals surface area contributed by atoms with E-state index in [1.54, 1.807) is 14.2 Å². The fourth-order valence-electron chi connectivity index (χ4n) is 3.33. The monoisotopic (exact) mass is 369 g/mol. The number of carbonyl (C=O) groups excluding carboxylic acids is 1. The summed E-state index contributed by atoms with van der Waals surface area (Å²) in [4.78, 5) is 16.7. The number of piperazine rings is 1. The molecular formula is C21H27N3O3. The molecule has 144 valence electrons. The van der Waals surface area contributed by atoms with Gasteiger partial charge >= 0.3 is 6.03 Å². The minimum absolute atomic E-state index is 0.0447. The van der Waals surface area contributed by atoms with Crippen LogP contribution in [-0.2, 0) is 6.54 Å². The molecule has 1 heterocycles. The van der Waals surface area contributed by atoms with Gasteiger partial charge in [0.2, 0.25) is 0 Å². The van der Waals surface area contributed by atoms with E-state index in [9.17, 15) is 4.79 Å². The van der Waals surface area contributed by atoms with Gasteiger partial charge in [0.15, 0.2) is 0 Å². The number of methoxy groups -OCH3 is 2. The third-order valence-corrected chi connectivity index (χ3v) is 4.86. The van der Waals surface area contributed by atoms with Gasteiger partial charge in [-0.25, -0.2) is 4.79 Å². The van der Waals surface area contributed by atoms with Crippen LogP contribution < -0.4 is 19.7 Å². The summed E-state index contributed by atoms with van der Waals surface area (Å²) < 4.78 is 10.8. The highest BCUT2D eigenvalue weighted by molar-refractivity contribution is 5.75. The molecule has 2 aromatic carbocycles. The maximum atomic E-state index is 12.5. The largest absolute Gasteiger partial charge is 0.496 e. The summed E-state index contributed by atoms with van der Waals surface area (Å²) >= 11 is 0. The maximum absolute atomic E-state index is 12.5. The van der Waals surface area contributed by atoms with Gasteiger partial charge < -0.3 is 24.6 Å². The smallest absolute Gasteiger partial charge is 0.317 e. The zero-order valence-corrected chi connectivity index (χ0v) is 16.2. The van der Waals surface area contributed by atoms with Crippen molar-refractivity contribution in [3.63, 3.8) is 0 Å². The van der Waals surface area contributed by atoms with Gasteiger partial charge in [-0.1, -0.05) is 24.3 Å². The van der Waals surface area contributed by atoms with Gasteiger partial charge in [-0.2, -0.15) is 0 Å². The Hall–Kier alpha value is -2.89. The molecule has 1 fully saturated rings. The lowest BCUT2D eigenvalue weighted by Gasteiger charge is -2.36. The Labute approximate surface area is 160 Å². The van der Waals surface area contributed by atoms with Crippen LogP contribution in [0.5, 0.6) is 11.5 Å². The zero-order valence-electron chi connectivity index (χ0n) is 16.2. The normalized spacial score (nSPS) is 14.0. The van der Waals surface area contributed by atoms with Crippen LogP contribution in [0.4, 0.5) is 10.5 Å². The Morgan fingerprint density at radius 2 is 1.70 bits per heavy atom. The lowest BCUT2D eigenvalue weighted by Crippen LogP contribution is -2.51. The van der Waals surface area contributed by atoms with E-state index in [1.165, 1.54) is 5.56 Å². The van der Waals surface area contributed by atoms with Crippen molar-refractivity contribution < 1.29 is 14.3 Å². The fraction of sp³-hybridized carbons (Fsp3) is 0.381. The van der Waals surface area contributed by atoms with Gasteiger partial charge in [0.25, 0.3) is 0 Å². The van der Waals surface area contributed by atoms with E-state index in [0.717, 1.165) is 35.8 Å². The van der Waals surface area contributed by atoms with Crippen LogP contribution >= 0.6 is 0 Å². The van der Waals surface area contributed by atoms with Crippen molar-refractivity contribution in [2.24, 2.45) is 0 Å². The van der Waals surface area contributed by atoms with E-state index < -0.39 is 0 Å². The number of amides is 2. The van der Waals surface area contributed by atoms with Crippen LogP contribution in [0.15, 0.2) is 42.5 Å². The lowest BCUT2D eigenvalue weighted by atomic mass is 10.1. The van der Waals surface area contributed by atoms with Crippen molar-refractivity contribution in [1.29, 1.82) is 0 Å². The van der Waals surface area contributed by atoms with Crippen molar-refractivity contribution in [2.45, 2.75) is 13.5 Å². The summed E-state index contributed by atoms with van der Waals surface area (Å²) in [6.07, 6.45) is 0. The molecule has 3 rings (SSSR count). The molecule has 1 saturated heterocycles. The number of anilines is 1. The Balaban J connectivity index is 1.56. The quantitative estimate of drug-likeness (QED) is 0.880. The summed E-state index contributed by atoms with van der Waals surface area (Å²) in [6, 6.07) is 13.9. The van der Waals surface area contributed by atoms with Gasteiger partial charge in [-0.15, -0.1) is 0 Å². The Morgan fingerprint density at radius 1 is 1.00 bits per heavy atom. The first-order valence-corrected chi connectivity index (χ1v) is 9.16. The molecule has 0 bridgehead atoms. The summed E-state index contributed by atoms with van der Waals surface area (Å²) in [7, 11) is 3.33. The number of benzene rings is 2. The molecule has 1 aliphatic heterocycles. The molecule has 0 saturated carbocycles. The number of aryl methyl sites for hydroxylation is 1. The molecule has 0 spiro atoms. The molecule has 0 radical (unpaired) electrons. The molecule has 0 atom stereocenters. The van der Waals surface area contributed by atoms with Crippen molar-refractivity contribution in [2.75, 3.05) is 45.3 Å². The predicted molar refractivity (Wildman–Crippen MR) is 107 cm³/mol. The van der Waals surface area contributed by atoms with Crippen LogP contribution in [0.3, 0.4) is 0 Å². The third kappa shape index (κ3) is 4.45. The first kappa shape index (κ1) is 18.9.